The number of hydrogen-bond donors (Lipinski definition) is 1. The molecule has 0 spiro atoms. The minimum atomic E-state index is 0.0912. The molecule has 3 rings (SSSR count). The van der Waals surface area contributed by atoms with Gasteiger partial charge < -0.3 is 15.2 Å². The highest BCUT2D eigenvalue weighted by molar-refractivity contribution is 5.79. The van der Waals surface area contributed by atoms with Crippen molar-refractivity contribution in [1.82, 2.24) is 4.98 Å². The van der Waals surface area contributed by atoms with E-state index in [1.54, 1.807) is 6.20 Å². The van der Waals surface area contributed by atoms with Gasteiger partial charge in [0.15, 0.2) is 0 Å². The van der Waals surface area contributed by atoms with Gasteiger partial charge in [-0.25, -0.2) is 4.99 Å². The summed E-state index contributed by atoms with van der Waals surface area (Å²) in [7, 11) is 0. The molecule has 2 heterocycles. The van der Waals surface area contributed by atoms with Gasteiger partial charge in [0.25, 0.3) is 6.02 Å². The van der Waals surface area contributed by atoms with E-state index in [9.17, 15) is 0 Å². The van der Waals surface area contributed by atoms with Crippen LogP contribution in [0.25, 0.3) is 10.9 Å². The number of nitrogens with two attached hydrogens (primary N) is 1. The molecule has 110 valence electrons. The second-order valence-electron chi connectivity index (χ2n) is 5.17. The molecule has 0 amide bonds. The molecule has 5 nitrogen and oxygen atoms in total. The number of nitrogens with zero attached hydrogens (tertiary/aromatic N) is 2. The Bertz CT molecular complexity index is 657. The van der Waals surface area contributed by atoms with E-state index in [0.29, 0.717) is 6.61 Å². The zero-order valence-electron chi connectivity index (χ0n) is 12.0. The third-order valence-electron chi connectivity index (χ3n) is 3.60. The van der Waals surface area contributed by atoms with Crippen LogP contribution >= 0.6 is 0 Å². The first-order chi connectivity index (χ1) is 10.2. The molecule has 2 aromatic rings. The van der Waals surface area contributed by atoms with Gasteiger partial charge in [0.05, 0.1) is 11.6 Å². The highest BCUT2D eigenvalue weighted by Gasteiger charge is 2.21. The van der Waals surface area contributed by atoms with Gasteiger partial charge in [-0.15, -0.1) is 0 Å². The minimum absolute atomic E-state index is 0.0912. The van der Waals surface area contributed by atoms with E-state index in [1.807, 2.05) is 30.3 Å². The van der Waals surface area contributed by atoms with E-state index in [1.165, 1.54) is 0 Å². The Morgan fingerprint density at radius 3 is 3.10 bits per heavy atom. The van der Waals surface area contributed by atoms with Crippen molar-refractivity contribution in [3.05, 3.63) is 36.5 Å². The Morgan fingerprint density at radius 2 is 2.33 bits per heavy atom. The van der Waals surface area contributed by atoms with Crippen LogP contribution in [0.1, 0.15) is 19.8 Å². The summed E-state index contributed by atoms with van der Waals surface area (Å²) in [4.78, 5) is 8.60. The lowest BCUT2D eigenvalue weighted by molar-refractivity contribution is 0.168. The molecule has 0 unspecified atom stereocenters. The molecule has 1 aliphatic heterocycles. The summed E-state index contributed by atoms with van der Waals surface area (Å²) in [5.41, 5.74) is 6.48. The predicted octanol–water partition coefficient (Wildman–Crippen LogP) is 2.50. The lowest BCUT2D eigenvalue weighted by Gasteiger charge is -2.19. The SMILES string of the molecule is CC[C@H](C[C@H]1COC(N)=N1)Oc1ccc2cccnc2c1. The molecule has 1 aromatic heterocycles. The average molecular weight is 285 g/mol. The molecule has 0 aliphatic carbocycles. The van der Waals surface area contributed by atoms with Crippen molar-refractivity contribution >= 4 is 16.9 Å². The van der Waals surface area contributed by atoms with E-state index >= 15 is 0 Å². The first-order valence-electron chi connectivity index (χ1n) is 7.22. The van der Waals surface area contributed by atoms with Crippen LogP contribution < -0.4 is 10.5 Å². The van der Waals surface area contributed by atoms with Gasteiger partial charge in [-0.1, -0.05) is 13.0 Å². The molecule has 21 heavy (non-hydrogen) atoms. The third kappa shape index (κ3) is 3.24. The van der Waals surface area contributed by atoms with Gasteiger partial charge in [0, 0.05) is 24.1 Å². The van der Waals surface area contributed by atoms with Crippen molar-refractivity contribution in [3.8, 4) is 5.75 Å². The molecule has 0 radical (unpaired) electrons. The summed E-state index contributed by atoms with van der Waals surface area (Å²) >= 11 is 0. The van der Waals surface area contributed by atoms with Crippen molar-refractivity contribution in [1.29, 1.82) is 0 Å². The molecular formula is C16H19N3O2. The van der Waals surface area contributed by atoms with E-state index in [0.717, 1.165) is 29.5 Å². The highest BCUT2D eigenvalue weighted by atomic mass is 16.5. The number of benzene rings is 1. The summed E-state index contributed by atoms with van der Waals surface area (Å²) in [6.07, 6.45) is 3.59. The fourth-order valence-corrected chi connectivity index (χ4v) is 2.47. The van der Waals surface area contributed by atoms with Crippen LogP contribution in [-0.4, -0.2) is 29.8 Å². The number of pyridine rings is 1. The summed E-state index contributed by atoms with van der Waals surface area (Å²) in [5.74, 6) is 0.837. The van der Waals surface area contributed by atoms with Crippen LogP contribution in [0.5, 0.6) is 5.75 Å². The van der Waals surface area contributed by atoms with Crippen LogP contribution in [0.15, 0.2) is 41.5 Å². The number of aliphatic imine (C=N–C) groups is 1. The van der Waals surface area contributed by atoms with Crippen molar-refractivity contribution in [2.75, 3.05) is 6.61 Å². The number of fused-ring (bicyclic) bond motifs is 1. The standard InChI is InChI=1S/C16H19N3O2/c1-2-13(8-12-10-20-16(17)19-12)21-14-6-5-11-4-3-7-18-15(11)9-14/h3-7,9,12-13H,2,8,10H2,1H3,(H2,17,19)/t12-,13+/m0/s1. The Labute approximate surface area is 123 Å². The molecule has 2 atom stereocenters. The summed E-state index contributed by atoms with van der Waals surface area (Å²) in [5, 5.41) is 1.11. The van der Waals surface area contributed by atoms with Crippen LogP contribution in [0.4, 0.5) is 0 Å². The Balaban J connectivity index is 1.70. The van der Waals surface area contributed by atoms with Gasteiger partial charge in [-0.05, 0) is 24.6 Å². The second-order valence-corrected chi connectivity index (χ2v) is 5.17. The zero-order chi connectivity index (χ0) is 14.7. The molecule has 0 saturated heterocycles. The minimum Gasteiger partial charge on any atom is -0.490 e. The van der Waals surface area contributed by atoms with E-state index in [2.05, 4.69) is 16.9 Å². The Kier molecular flexibility index (Phi) is 3.90. The molecule has 0 fully saturated rings. The topological polar surface area (TPSA) is 69.7 Å². The molecule has 1 aromatic carbocycles. The number of hydrogen-bond acceptors (Lipinski definition) is 5. The molecule has 0 bridgehead atoms. The summed E-state index contributed by atoms with van der Waals surface area (Å²) in [6, 6.07) is 10.3. The largest absolute Gasteiger partial charge is 0.490 e. The monoisotopic (exact) mass is 285 g/mol. The van der Waals surface area contributed by atoms with Crippen LogP contribution in [0, 0.1) is 0 Å². The first kappa shape index (κ1) is 13.7. The quantitative estimate of drug-likeness (QED) is 0.916. The van der Waals surface area contributed by atoms with Gasteiger partial charge in [-0.2, -0.15) is 0 Å². The molecule has 0 saturated carbocycles. The fraction of sp³-hybridized carbons (Fsp3) is 0.375. The Morgan fingerprint density at radius 1 is 1.43 bits per heavy atom. The first-order valence-corrected chi connectivity index (χ1v) is 7.22. The lowest BCUT2D eigenvalue weighted by atomic mass is 10.1. The van der Waals surface area contributed by atoms with Crippen LogP contribution in [-0.2, 0) is 4.74 Å². The van der Waals surface area contributed by atoms with Gasteiger partial charge >= 0.3 is 0 Å². The Hall–Kier alpha value is -2.30. The fourth-order valence-electron chi connectivity index (χ4n) is 2.47. The zero-order valence-corrected chi connectivity index (χ0v) is 12.0. The summed E-state index contributed by atoms with van der Waals surface area (Å²) < 4.78 is 11.2. The van der Waals surface area contributed by atoms with E-state index in [4.69, 9.17) is 15.2 Å². The molecule has 5 heteroatoms. The third-order valence-corrected chi connectivity index (χ3v) is 3.60. The van der Waals surface area contributed by atoms with Crippen molar-refractivity contribution in [2.45, 2.75) is 31.9 Å². The normalized spacial score (nSPS) is 19.1. The van der Waals surface area contributed by atoms with E-state index in [-0.39, 0.29) is 18.2 Å². The van der Waals surface area contributed by atoms with Crippen molar-refractivity contribution in [2.24, 2.45) is 10.7 Å². The second kappa shape index (κ2) is 5.99. The van der Waals surface area contributed by atoms with Crippen LogP contribution in [0.3, 0.4) is 0 Å². The maximum Gasteiger partial charge on any atom is 0.282 e. The molecule has 1 aliphatic rings. The predicted molar refractivity (Wildman–Crippen MR) is 82.4 cm³/mol. The smallest absolute Gasteiger partial charge is 0.282 e. The van der Waals surface area contributed by atoms with Gasteiger partial charge in [-0.3, -0.25) is 4.98 Å². The summed E-state index contributed by atoms with van der Waals surface area (Å²) in [6.45, 7) is 2.65. The molecular weight excluding hydrogens is 266 g/mol. The number of ether oxygens (including phenoxy) is 2. The number of aromatic nitrogens is 1. The molecule has 2 N–H and O–H groups in total. The lowest BCUT2D eigenvalue weighted by Crippen LogP contribution is -2.22. The average Bonchev–Trinajstić information content (AvgIpc) is 2.91. The number of rotatable bonds is 5. The van der Waals surface area contributed by atoms with Gasteiger partial charge in [0.2, 0.25) is 0 Å². The van der Waals surface area contributed by atoms with Crippen LogP contribution in [0.2, 0.25) is 0 Å². The maximum absolute atomic E-state index is 6.06. The maximum atomic E-state index is 6.06. The van der Waals surface area contributed by atoms with Crippen molar-refractivity contribution in [3.63, 3.8) is 0 Å². The van der Waals surface area contributed by atoms with Crippen molar-refractivity contribution < 1.29 is 9.47 Å². The van der Waals surface area contributed by atoms with E-state index < -0.39 is 0 Å². The highest BCUT2D eigenvalue weighted by Crippen LogP contribution is 2.22. The van der Waals surface area contributed by atoms with Gasteiger partial charge in [0.1, 0.15) is 18.5 Å². The number of amidine groups is 1.